The van der Waals surface area contributed by atoms with Crippen LogP contribution >= 0.6 is 0 Å². The average Bonchev–Trinajstić information content (AvgIpc) is 3.09. The number of hydrogen-bond acceptors (Lipinski definition) is 6. The third kappa shape index (κ3) is 2.37. The predicted octanol–water partition coefficient (Wildman–Crippen LogP) is 1.95. The van der Waals surface area contributed by atoms with Crippen molar-refractivity contribution in [2.24, 2.45) is 0 Å². The summed E-state index contributed by atoms with van der Waals surface area (Å²) in [6.07, 6.45) is 10.3. The van der Waals surface area contributed by atoms with Crippen LogP contribution in [0, 0.1) is 0 Å². The van der Waals surface area contributed by atoms with Gasteiger partial charge in [-0.3, -0.25) is 4.98 Å². The summed E-state index contributed by atoms with van der Waals surface area (Å²) < 4.78 is 12.3. The van der Waals surface area contributed by atoms with Crippen LogP contribution in [0.15, 0.2) is 35.5 Å². The molecule has 1 fully saturated rings. The molecule has 0 aliphatic heterocycles. The zero-order valence-electron chi connectivity index (χ0n) is 11.1. The third-order valence-electron chi connectivity index (χ3n) is 3.32. The summed E-state index contributed by atoms with van der Waals surface area (Å²) in [5.74, 6) is 0.690. The fourth-order valence-electron chi connectivity index (χ4n) is 2.06. The van der Waals surface area contributed by atoms with E-state index < -0.39 is 5.97 Å². The number of nitrogens with zero attached hydrogens (tertiary/aromatic N) is 4. The SMILES string of the molecule is O=C(OCc1coc(C2CC2)n1)c1cn2ccncc2n1. The molecule has 3 heterocycles. The molecule has 4 rings (SSSR count). The van der Waals surface area contributed by atoms with Gasteiger partial charge in [-0.25, -0.2) is 14.8 Å². The van der Waals surface area contributed by atoms with Crippen molar-refractivity contribution in [1.29, 1.82) is 0 Å². The van der Waals surface area contributed by atoms with Crippen LogP contribution in [0.3, 0.4) is 0 Å². The lowest BCUT2D eigenvalue weighted by molar-refractivity contribution is 0.0461. The summed E-state index contributed by atoms with van der Waals surface area (Å²) >= 11 is 0. The fourth-order valence-corrected chi connectivity index (χ4v) is 2.06. The summed E-state index contributed by atoms with van der Waals surface area (Å²) in [5.41, 5.74) is 1.46. The number of carbonyl (C=O) groups is 1. The quantitative estimate of drug-likeness (QED) is 0.681. The number of imidazole rings is 1. The van der Waals surface area contributed by atoms with Crippen LogP contribution in [-0.2, 0) is 11.3 Å². The Labute approximate surface area is 119 Å². The second kappa shape index (κ2) is 4.69. The maximum absolute atomic E-state index is 12.0. The highest BCUT2D eigenvalue weighted by Crippen LogP contribution is 2.39. The molecule has 0 spiro atoms. The van der Waals surface area contributed by atoms with Gasteiger partial charge >= 0.3 is 5.97 Å². The Hall–Kier alpha value is -2.70. The first kappa shape index (κ1) is 12.1. The van der Waals surface area contributed by atoms with Gasteiger partial charge in [0, 0.05) is 24.5 Å². The minimum atomic E-state index is -0.491. The predicted molar refractivity (Wildman–Crippen MR) is 70.6 cm³/mol. The van der Waals surface area contributed by atoms with E-state index in [2.05, 4.69) is 15.0 Å². The Morgan fingerprint density at radius 3 is 3.14 bits per heavy atom. The van der Waals surface area contributed by atoms with Gasteiger partial charge < -0.3 is 13.6 Å². The monoisotopic (exact) mass is 284 g/mol. The van der Waals surface area contributed by atoms with Crippen molar-refractivity contribution in [3.63, 3.8) is 0 Å². The topological polar surface area (TPSA) is 82.5 Å². The molecular formula is C14H12N4O3. The van der Waals surface area contributed by atoms with Gasteiger partial charge in [-0.2, -0.15) is 0 Å². The highest BCUT2D eigenvalue weighted by molar-refractivity contribution is 5.87. The van der Waals surface area contributed by atoms with Crippen LogP contribution in [-0.4, -0.2) is 25.3 Å². The molecule has 21 heavy (non-hydrogen) atoms. The van der Waals surface area contributed by atoms with Crippen molar-refractivity contribution in [3.05, 3.63) is 48.3 Å². The first-order valence-corrected chi connectivity index (χ1v) is 6.70. The summed E-state index contributed by atoms with van der Waals surface area (Å²) in [7, 11) is 0. The molecular weight excluding hydrogens is 272 g/mol. The minimum absolute atomic E-state index is 0.0845. The normalized spacial score (nSPS) is 14.5. The molecule has 106 valence electrons. The van der Waals surface area contributed by atoms with Gasteiger partial charge in [-0.1, -0.05) is 0 Å². The van der Waals surface area contributed by atoms with Gasteiger partial charge in [0.1, 0.15) is 18.6 Å². The summed E-state index contributed by atoms with van der Waals surface area (Å²) in [4.78, 5) is 24.4. The van der Waals surface area contributed by atoms with Gasteiger partial charge in [-0.15, -0.1) is 0 Å². The fraction of sp³-hybridized carbons (Fsp3) is 0.286. The molecule has 0 amide bonds. The number of esters is 1. The highest BCUT2D eigenvalue weighted by Gasteiger charge is 2.28. The van der Waals surface area contributed by atoms with Crippen LogP contribution in [0.4, 0.5) is 0 Å². The average molecular weight is 284 g/mol. The van der Waals surface area contributed by atoms with Crippen LogP contribution in [0.1, 0.15) is 40.8 Å². The summed E-state index contributed by atoms with van der Waals surface area (Å²) in [5, 5.41) is 0. The van der Waals surface area contributed by atoms with E-state index in [-0.39, 0.29) is 12.3 Å². The molecule has 0 atom stereocenters. The van der Waals surface area contributed by atoms with E-state index in [1.54, 1.807) is 29.2 Å². The molecule has 0 unspecified atom stereocenters. The Bertz CT molecular complexity index is 770. The molecule has 3 aromatic heterocycles. The Morgan fingerprint density at radius 1 is 1.43 bits per heavy atom. The van der Waals surface area contributed by atoms with Crippen LogP contribution < -0.4 is 0 Å². The van der Waals surface area contributed by atoms with Gasteiger partial charge in [0.25, 0.3) is 0 Å². The van der Waals surface area contributed by atoms with E-state index in [1.165, 1.54) is 6.26 Å². The molecule has 1 aliphatic rings. The molecule has 1 saturated carbocycles. The highest BCUT2D eigenvalue weighted by atomic mass is 16.5. The molecule has 7 nitrogen and oxygen atoms in total. The summed E-state index contributed by atoms with van der Waals surface area (Å²) in [6.45, 7) is 0.0845. The Kier molecular flexibility index (Phi) is 2.70. The number of fused-ring (bicyclic) bond motifs is 1. The van der Waals surface area contributed by atoms with E-state index in [0.29, 0.717) is 17.3 Å². The third-order valence-corrected chi connectivity index (χ3v) is 3.32. The Balaban J connectivity index is 1.44. The van der Waals surface area contributed by atoms with E-state index in [0.717, 1.165) is 18.7 Å². The van der Waals surface area contributed by atoms with Gasteiger partial charge in [0.2, 0.25) is 0 Å². The van der Waals surface area contributed by atoms with Crippen LogP contribution in [0.5, 0.6) is 0 Å². The zero-order chi connectivity index (χ0) is 14.2. The number of carbonyl (C=O) groups excluding carboxylic acids is 1. The number of hydrogen-bond donors (Lipinski definition) is 0. The molecule has 1 aliphatic carbocycles. The van der Waals surface area contributed by atoms with E-state index >= 15 is 0 Å². The van der Waals surface area contributed by atoms with Gasteiger partial charge in [-0.05, 0) is 12.8 Å². The van der Waals surface area contributed by atoms with Crippen molar-refractivity contribution in [3.8, 4) is 0 Å². The van der Waals surface area contributed by atoms with Crippen molar-refractivity contribution < 1.29 is 13.9 Å². The second-order valence-electron chi connectivity index (χ2n) is 5.00. The second-order valence-corrected chi connectivity index (χ2v) is 5.00. The van der Waals surface area contributed by atoms with Crippen molar-refractivity contribution in [1.82, 2.24) is 19.4 Å². The molecule has 0 bridgehead atoms. The van der Waals surface area contributed by atoms with Crippen molar-refractivity contribution in [2.75, 3.05) is 0 Å². The van der Waals surface area contributed by atoms with Crippen molar-refractivity contribution in [2.45, 2.75) is 25.4 Å². The minimum Gasteiger partial charge on any atom is -0.454 e. The van der Waals surface area contributed by atoms with Gasteiger partial charge in [0.15, 0.2) is 17.2 Å². The smallest absolute Gasteiger partial charge is 0.358 e. The number of rotatable bonds is 4. The van der Waals surface area contributed by atoms with Crippen LogP contribution in [0.2, 0.25) is 0 Å². The maximum Gasteiger partial charge on any atom is 0.358 e. The number of ether oxygens (including phenoxy) is 1. The number of oxazole rings is 1. The van der Waals surface area contributed by atoms with E-state index in [1.807, 2.05) is 0 Å². The van der Waals surface area contributed by atoms with Gasteiger partial charge in [0.05, 0.1) is 6.20 Å². The Morgan fingerprint density at radius 2 is 2.33 bits per heavy atom. The lowest BCUT2D eigenvalue weighted by Gasteiger charge is -1.98. The summed E-state index contributed by atoms with van der Waals surface area (Å²) in [6, 6.07) is 0. The largest absolute Gasteiger partial charge is 0.454 e. The molecule has 0 N–H and O–H groups in total. The lowest BCUT2D eigenvalue weighted by atomic mass is 10.4. The first-order chi connectivity index (χ1) is 10.3. The zero-order valence-corrected chi connectivity index (χ0v) is 11.1. The lowest BCUT2D eigenvalue weighted by Crippen LogP contribution is -2.05. The standard InChI is InChI=1S/C14H12N4O3/c19-14(11-6-18-4-3-15-5-12(18)17-11)21-8-10-7-20-13(16-10)9-1-2-9/h3-7,9H,1-2,8H2. The maximum atomic E-state index is 12.0. The first-order valence-electron chi connectivity index (χ1n) is 6.70. The van der Waals surface area contributed by atoms with E-state index in [9.17, 15) is 4.79 Å². The van der Waals surface area contributed by atoms with Crippen molar-refractivity contribution >= 4 is 11.6 Å². The van der Waals surface area contributed by atoms with Crippen LogP contribution in [0.25, 0.3) is 5.65 Å². The number of aromatic nitrogens is 4. The van der Waals surface area contributed by atoms with E-state index in [4.69, 9.17) is 9.15 Å². The molecule has 7 heteroatoms. The molecule has 0 aromatic carbocycles. The molecule has 3 aromatic rings. The molecule has 0 radical (unpaired) electrons. The molecule has 0 saturated heterocycles.